The van der Waals surface area contributed by atoms with Gasteiger partial charge in [0.2, 0.25) is 0 Å². The first kappa shape index (κ1) is 12.4. The maximum absolute atomic E-state index is 11.4. The summed E-state index contributed by atoms with van der Waals surface area (Å²) in [6.07, 6.45) is 1.47. The first-order valence-electron chi connectivity index (χ1n) is 4.28. The molecule has 0 aliphatic carbocycles. The van der Waals surface area contributed by atoms with Crippen LogP contribution in [-0.2, 0) is 23.9 Å². The monoisotopic (exact) mass is 240 g/mol. The largest absolute Gasteiger partial charge is 0.429 e. The Bertz CT molecular complexity index is 405. The number of ether oxygens (including phenoxy) is 2. The van der Waals surface area contributed by atoms with Gasteiger partial charge in [0.15, 0.2) is 0 Å². The van der Waals surface area contributed by atoms with Crippen LogP contribution in [0.4, 0.5) is 4.79 Å². The van der Waals surface area contributed by atoms with E-state index >= 15 is 0 Å². The molecule has 0 radical (unpaired) electrons. The second-order valence-electron chi connectivity index (χ2n) is 2.78. The molecule has 90 valence electrons. The highest BCUT2D eigenvalue weighted by atomic mass is 16.8. The van der Waals surface area contributed by atoms with Crippen LogP contribution >= 0.6 is 0 Å². The SMILES string of the molecule is C=CC(=O)OC1(OC(=O)C=C)NC(=O)NC1=O. The minimum atomic E-state index is -2.52. The van der Waals surface area contributed by atoms with Crippen molar-refractivity contribution in [1.82, 2.24) is 10.6 Å². The smallest absolute Gasteiger partial charge is 0.393 e. The molecule has 1 rings (SSSR count). The van der Waals surface area contributed by atoms with Crippen molar-refractivity contribution < 1.29 is 28.7 Å². The van der Waals surface area contributed by atoms with Crippen LogP contribution < -0.4 is 10.6 Å². The Balaban J connectivity index is 2.99. The second-order valence-corrected chi connectivity index (χ2v) is 2.78. The van der Waals surface area contributed by atoms with Gasteiger partial charge < -0.3 is 9.47 Å². The van der Waals surface area contributed by atoms with Crippen LogP contribution in [0, 0.1) is 0 Å². The van der Waals surface area contributed by atoms with Crippen molar-refractivity contribution in [2.45, 2.75) is 5.91 Å². The summed E-state index contributed by atoms with van der Waals surface area (Å²) in [5, 5.41) is 3.62. The first-order chi connectivity index (χ1) is 7.93. The Hall–Kier alpha value is -2.64. The van der Waals surface area contributed by atoms with Crippen LogP contribution in [0.5, 0.6) is 0 Å². The van der Waals surface area contributed by atoms with Crippen LogP contribution in [0.3, 0.4) is 0 Å². The summed E-state index contributed by atoms with van der Waals surface area (Å²) in [6, 6.07) is -0.969. The van der Waals surface area contributed by atoms with Crippen LogP contribution in [-0.4, -0.2) is 29.8 Å². The Labute approximate surface area is 95.2 Å². The lowest BCUT2D eigenvalue weighted by Crippen LogP contribution is -2.53. The Morgan fingerprint density at radius 2 is 1.59 bits per heavy atom. The van der Waals surface area contributed by atoms with Crippen molar-refractivity contribution in [2.24, 2.45) is 0 Å². The summed E-state index contributed by atoms with van der Waals surface area (Å²) < 4.78 is 9.02. The molecule has 0 atom stereocenters. The fourth-order valence-electron chi connectivity index (χ4n) is 0.954. The first-order valence-corrected chi connectivity index (χ1v) is 4.28. The minimum Gasteiger partial charge on any atom is -0.393 e. The van der Waals surface area contributed by atoms with E-state index in [1.165, 1.54) is 0 Å². The van der Waals surface area contributed by atoms with Crippen LogP contribution in [0.15, 0.2) is 25.3 Å². The third kappa shape index (κ3) is 2.48. The van der Waals surface area contributed by atoms with Crippen molar-refractivity contribution in [1.29, 1.82) is 0 Å². The maximum Gasteiger partial charge on any atom is 0.429 e. The third-order valence-electron chi connectivity index (χ3n) is 1.63. The summed E-state index contributed by atoms with van der Waals surface area (Å²) in [4.78, 5) is 44.3. The predicted molar refractivity (Wildman–Crippen MR) is 52.0 cm³/mol. The van der Waals surface area contributed by atoms with Gasteiger partial charge in [0.1, 0.15) is 0 Å². The van der Waals surface area contributed by atoms with E-state index in [0.717, 1.165) is 12.2 Å². The van der Waals surface area contributed by atoms with Gasteiger partial charge in [-0.25, -0.2) is 14.4 Å². The molecule has 0 spiro atoms. The van der Waals surface area contributed by atoms with Gasteiger partial charge in [0.25, 0.3) is 0 Å². The number of imide groups is 1. The topological polar surface area (TPSA) is 111 Å². The molecule has 3 amide bonds. The molecule has 0 aromatic carbocycles. The van der Waals surface area contributed by atoms with Crippen molar-refractivity contribution in [3.63, 3.8) is 0 Å². The molecule has 1 aliphatic rings. The normalized spacial score (nSPS) is 16.5. The lowest BCUT2D eigenvalue weighted by molar-refractivity contribution is -0.222. The average Bonchev–Trinajstić information content (AvgIpc) is 2.53. The molecule has 2 N–H and O–H groups in total. The van der Waals surface area contributed by atoms with Gasteiger partial charge >= 0.3 is 29.8 Å². The summed E-state index contributed by atoms with van der Waals surface area (Å²) in [5.41, 5.74) is 0. The molecule has 0 unspecified atom stereocenters. The molecule has 0 bridgehead atoms. The van der Waals surface area contributed by atoms with Crippen LogP contribution in [0.2, 0.25) is 0 Å². The average molecular weight is 240 g/mol. The van der Waals surface area contributed by atoms with E-state index in [1.54, 1.807) is 5.32 Å². The van der Waals surface area contributed by atoms with Gasteiger partial charge in [-0.1, -0.05) is 13.2 Å². The predicted octanol–water partition coefficient (Wildman–Crippen LogP) is -1.06. The third-order valence-corrected chi connectivity index (χ3v) is 1.63. The minimum absolute atomic E-state index is 0.737. The van der Waals surface area contributed by atoms with Gasteiger partial charge in [0, 0.05) is 12.2 Å². The quantitative estimate of drug-likeness (QED) is 0.280. The number of esters is 2. The highest BCUT2D eigenvalue weighted by Crippen LogP contribution is 2.15. The van der Waals surface area contributed by atoms with Gasteiger partial charge in [0.05, 0.1) is 0 Å². The molecule has 1 heterocycles. The number of rotatable bonds is 4. The molecule has 0 aromatic heterocycles. The summed E-state index contributed by atoms with van der Waals surface area (Å²) in [7, 11) is 0. The number of hydrogen-bond acceptors (Lipinski definition) is 6. The summed E-state index contributed by atoms with van der Waals surface area (Å²) >= 11 is 0. The summed E-state index contributed by atoms with van der Waals surface area (Å²) in [5.74, 6) is -5.76. The Morgan fingerprint density at radius 3 is 1.88 bits per heavy atom. The zero-order chi connectivity index (χ0) is 13.1. The molecule has 0 saturated carbocycles. The van der Waals surface area contributed by atoms with Crippen molar-refractivity contribution in [2.75, 3.05) is 0 Å². The molecule has 8 nitrogen and oxygen atoms in total. The molecule has 1 fully saturated rings. The van der Waals surface area contributed by atoms with E-state index in [1.807, 2.05) is 5.32 Å². The lowest BCUT2D eigenvalue weighted by Gasteiger charge is -2.23. The molecule has 17 heavy (non-hydrogen) atoms. The van der Waals surface area contributed by atoms with E-state index < -0.39 is 29.8 Å². The molecular weight excluding hydrogens is 232 g/mol. The maximum atomic E-state index is 11.4. The number of amides is 3. The van der Waals surface area contributed by atoms with E-state index in [-0.39, 0.29) is 0 Å². The van der Waals surface area contributed by atoms with Gasteiger partial charge in [-0.05, 0) is 0 Å². The van der Waals surface area contributed by atoms with E-state index in [4.69, 9.17) is 0 Å². The van der Waals surface area contributed by atoms with E-state index in [9.17, 15) is 19.2 Å². The molecular formula is C9H8N2O6. The number of carbonyl (C=O) groups excluding carboxylic acids is 4. The van der Waals surface area contributed by atoms with Crippen LogP contribution in [0.1, 0.15) is 0 Å². The van der Waals surface area contributed by atoms with E-state index in [0.29, 0.717) is 0 Å². The van der Waals surface area contributed by atoms with Gasteiger partial charge in [-0.2, -0.15) is 0 Å². The Kier molecular flexibility index (Phi) is 3.27. The summed E-state index contributed by atoms with van der Waals surface area (Å²) in [6.45, 7) is 6.20. The molecule has 1 aliphatic heterocycles. The van der Waals surface area contributed by atoms with Crippen molar-refractivity contribution >= 4 is 23.9 Å². The van der Waals surface area contributed by atoms with Crippen molar-refractivity contribution in [3.05, 3.63) is 25.3 Å². The highest BCUT2D eigenvalue weighted by molar-refractivity contribution is 6.07. The number of urea groups is 1. The van der Waals surface area contributed by atoms with Gasteiger partial charge in [-0.15, -0.1) is 0 Å². The van der Waals surface area contributed by atoms with E-state index in [2.05, 4.69) is 22.6 Å². The molecule has 8 heteroatoms. The fourth-order valence-corrected chi connectivity index (χ4v) is 0.954. The highest BCUT2D eigenvalue weighted by Gasteiger charge is 2.54. The zero-order valence-electron chi connectivity index (χ0n) is 8.52. The second kappa shape index (κ2) is 4.47. The molecule has 1 saturated heterocycles. The number of nitrogens with one attached hydrogen (secondary N) is 2. The zero-order valence-corrected chi connectivity index (χ0v) is 8.52. The lowest BCUT2D eigenvalue weighted by atomic mass is 10.4. The fraction of sp³-hybridized carbons (Fsp3) is 0.111. The number of carbonyl (C=O) groups is 4. The molecule has 0 aromatic rings. The van der Waals surface area contributed by atoms with Crippen LogP contribution in [0.25, 0.3) is 0 Å². The van der Waals surface area contributed by atoms with Gasteiger partial charge in [-0.3, -0.25) is 15.4 Å². The van der Waals surface area contributed by atoms with Crippen molar-refractivity contribution in [3.8, 4) is 0 Å². The standard InChI is InChI=1S/C9H8N2O6/c1-3-5(12)16-9(17-6(13)4-2)7(14)10-8(15)11-9/h3-4H,1-2H2,(H2,10,11,14,15). The number of hydrogen-bond donors (Lipinski definition) is 2. The Morgan fingerprint density at radius 1 is 1.12 bits per heavy atom.